The van der Waals surface area contributed by atoms with Crippen molar-refractivity contribution in [3.63, 3.8) is 0 Å². The van der Waals surface area contributed by atoms with Gasteiger partial charge in [0.2, 0.25) is 5.91 Å². The number of rotatable bonds is 3. The lowest BCUT2D eigenvalue weighted by Crippen LogP contribution is -2.60. The van der Waals surface area contributed by atoms with Crippen molar-refractivity contribution in [1.82, 2.24) is 9.80 Å². The fourth-order valence-corrected chi connectivity index (χ4v) is 3.89. The molecular formula is C18H25N3O4. The molecule has 0 N–H and O–H groups in total. The molecule has 2 aliphatic heterocycles. The van der Waals surface area contributed by atoms with Crippen molar-refractivity contribution in [2.45, 2.75) is 38.8 Å². The van der Waals surface area contributed by atoms with Crippen molar-refractivity contribution in [3.05, 3.63) is 39.4 Å². The smallest absolute Gasteiger partial charge is 0.272 e. The van der Waals surface area contributed by atoms with E-state index >= 15 is 0 Å². The van der Waals surface area contributed by atoms with E-state index in [2.05, 4.69) is 4.90 Å². The lowest BCUT2D eigenvalue weighted by Gasteiger charge is -2.48. The maximum absolute atomic E-state index is 11.7. The summed E-state index contributed by atoms with van der Waals surface area (Å²) in [6, 6.07) is 5.43. The maximum atomic E-state index is 11.7. The molecule has 0 saturated carbocycles. The van der Waals surface area contributed by atoms with Crippen LogP contribution in [0.1, 0.15) is 30.9 Å². The van der Waals surface area contributed by atoms with Gasteiger partial charge in [-0.2, -0.15) is 0 Å². The molecule has 7 heteroatoms. The fraction of sp³-hybridized carbons (Fsp3) is 0.611. The number of hydrogen-bond acceptors (Lipinski definition) is 5. The highest BCUT2D eigenvalue weighted by Crippen LogP contribution is 2.30. The Bertz CT molecular complexity index is 674. The minimum Gasteiger partial charge on any atom is -0.370 e. The molecule has 136 valence electrons. The summed E-state index contributed by atoms with van der Waals surface area (Å²) in [5.74, 6) is 0.0916. The van der Waals surface area contributed by atoms with E-state index in [4.69, 9.17) is 4.74 Å². The molecule has 3 rings (SSSR count). The molecule has 0 bridgehead atoms. The number of piperidine rings is 1. The highest BCUT2D eigenvalue weighted by atomic mass is 16.6. The number of hydrogen-bond donors (Lipinski definition) is 0. The third-order valence-electron chi connectivity index (χ3n) is 5.19. The molecule has 2 saturated heterocycles. The minimum atomic E-state index is -0.328. The van der Waals surface area contributed by atoms with Crippen LogP contribution < -0.4 is 0 Å². The lowest BCUT2D eigenvalue weighted by atomic mass is 9.90. The molecule has 0 aromatic heterocycles. The van der Waals surface area contributed by atoms with Crippen LogP contribution in [0.3, 0.4) is 0 Å². The molecular weight excluding hydrogens is 322 g/mol. The summed E-state index contributed by atoms with van der Waals surface area (Å²) < 4.78 is 6.09. The number of aryl methyl sites for hydroxylation is 1. The summed E-state index contributed by atoms with van der Waals surface area (Å²) in [7, 11) is 0. The van der Waals surface area contributed by atoms with Crippen LogP contribution in [-0.2, 0) is 16.1 Å². The molecule has 2 fully saturated rings. The van der Waals surface area contributed by atoms with E-state index in [0.717, 1.165) is 31.5 Å². The Morgan fingerprint density at radius 3 is 2.88 bits per heavy atom. The molecule has 0 radical (unpaired) electrons. The fourth-order valence-electron chi connectivity index (χ4n) is 3.89. The Labute approximate surface area is 147 Å². The first-order chi connectivity index (χ1) is 11.9. The van der Waals surface area contributed by atoms with Gasteiger partial charge < -0.3 is 9.64 Å². The third kappa shape index (κ3) is 3.99. The molecule has 2 aliphatic rings. The van der Waals surface area contributed by atoms with Gasteiger partial charge in [-0.3, -0.25) is 19.8 Å². The van der Waals surface area contributed by atoms with Crippen molar-refractivity contribution >= 4 is 11.6 Å². The van der Waals surface area contributed by atoms with E-state index in [1.807, 2.05) is 17.0 Å². The zero-order valence-corrected chi connectivity index (χ0v) is 14.9. The van der Waals surface area contributed by atoms with E-state index in [1.165, 1.54) is 0 Å². The zero-order valence-electron chi connectivity index (χ0n) is 14.9. The number of nitrogens with zero attached hydrogens (tertiary/aromatic N) is 3. The zero-order chi connectivity index (χ0) is 18.0. The van der Waals surface area contributed by atoms with Gasteiger partial charge >= 0.3 is 0 Å². The topological polar surface area (TPSA) is 75.9 Å². The molecule has 1 amide bonds. The van der Waals surface area contributed by atoms with Crippen LogP contribution in [0.25, 0.3) is 0 Å². The van der Waals surface area contributed by atoms with Gasteiger partial charge in [0.1, 0.15) is 0 Å². The molecule has 1 aromatic carbocycles. The molecule has 1 aromatic rings. The third-order valence-corrected chi connectivity index (χ3v) is 5.19. The van der Waals surface area contributed by atoms with Crippen LogP contribution in [-0.4, -0.2) is 59.0 Å². The number of carbonyl (C=O) groups is 1. The van der Waals surface area contributed by atoms with Gasteiger partial charge in [-0.05, 0) is 31.9 Å². The maximum Gasteiger partial charge on any atom is 0.272 e. The summed E-state index contributed by atoms with van der Waals surface area (Å²) in [4.78, 5) is 26.7. The van der Waals surface area contributed by atoms with Gasteiger partial charge in [0.15, 0.2) is 0 Å². The molecule has 1 spiro atoms. The summed E-state index contributed by atoms with van der Waals surface area (Å²) >= 11 is 0. The Hall–Kier alpha value is -1.99. The van der Waals surface area contributed by atoms with Gasteiger partial charge in [-0.1, -0.05) is 12.1 Å². The average Bonchev–Trinajstić information content (AvgIpc) is 2.56. The van der Waals surface area contributed by atoms with E-state index in [1.54, 1.807) is 19.9 Å². The molecule has 7 nitrogen and oxygen atoms in total. The Kier molecular flexibility index (Phi) is 5.06. The second-order valence-electron chi connectivity index (χ2n) is 7.16. The largest absolute Gasteiger partial charge is 0.370 e. The van der Waals surface area contributed by atoms with Crippen LogP contribution in [0.2, 0.25) is 0 Å². The first kappa shape index (κ1) is 17.8. The van der Waals surface area contributed by atoms with E-state index in [9.17, 15) is 14.9 Å². The highest BCUT2D eigenvalue weighted by Gasteiger charge is 2.41. The molecule has 0 unspecified atom stereocenters. The van der Waals surface area contributed by atoms with Gasteiger partial charge in [-0.15, -0.1) is 0 Å². The number of nitro benzene ring substituents is 1. The summed E-state index contributed by atoms with van der Waals surface area (Å²) in [6.07, 6.45) is 1.95. The summed E-state index contributed by atoms with van der Waals surface area (Å²) in [5, 5.41) is 11.1. The standard InChI is InChI=1S/C18H25N3O4/c1-14-4-5-16(10-17(14)21(23)24)11-19-7-3-6-18(12-19)13-20(15(2)22)8-9-25-18/h4-5,10H,3,6-9,11-13H2,1-2H3/t18-/m1/s1. The van der Waals surface area contributed by atoms with Crippen molar-refractivity contribution in [2.24, 2.45) is 0 Å². The average molecular weight is 347 g/mol. The van der Waals surface area contributed by atoms with Crippen LogP contribution in [0.5, 0.6) is 0 Å². The quantitative estimate of drug-likeness (QED) is 0.618. The van der Waals surface area contributed by atoms with E-state index in [0.29, 0.717) is 31.8 Å². The van der Waals surface area contributed by atoms with Crippen LogP contribution >= 0.6 is 0 Å². The van der Waals surface area contributed by atoms with Crippen LogP contribution in [0.4, 0.5) is 5.69 Å². The summed E-state index contributed by atoms with van der Waals surface area (Å²) in [5.41, 5.74) is 1.48. The van der Waals surface area contributed by atoms with Crippen LogP contribution in [0, 0.1) is 17.0 Å². The first-order valence-corrected chi connectivity index (χ1v) is 8.74. The Morgan fingerprint density at radius 1 is 1.36 bits per heavy atom. The van der Waals surface area contributed by atoms with Crippen molar-refractivity contribution in [1.29, 1.82) is 0 Å². The predicted molar refractivity (Wildman–Crippen MR) is 93.3 cm³/mol. The van der Waals surface area contributed by atoms with Gasteiger partial charge in [0.05, 0.1) is 23.7 Å². The number of carbonyl (C=O) groups excluding carboxylic acids is 1. The van der Waals surface area contributed by atoms with Crippen molar-refractivity contribution in [3.8, 4) is 0 Å². The SMILES string of the molecule is CC(=O)N1CCO[C@@]2(CCCN(Cc3ccc(C)c([N+](=O)[O-])c3)C2)C1. The predicted octanol–water partition coefficient (Wildman–Crippen LogP) is 2.12. The Balaban J connectivity index is 1.71. The van der Waals surface area contributed by atoms with E-state index < -0.39 is 0 Å². The van der Waals surface area contributed by atoms with Crippen molar-refractivity contribution in [2.75, 3.05) is 32.8 Å². The van der Waals surface area contributed by atoms with Crippen LogP contribution in [0.15, 0.2) is 18.2 Å². The second-order valence-corrected chi connectivity index (χ2v) is 7.16. The highest BCUT2D eigenvalue weighted by molar-refractivity contribution is 5.73. The number of amides is 1. The second kappa shape index (κ2) is 7.09. The molecule has 2 heterocycles. The molecule has 1 atom stereocenters. The molecule has 25 heavy (non-hydrogen) atoms. The number of likely N-dealkylation sites (tertiary alicyclic amines) is 1. The number of nitro groups is 1. The lowest BCUT2D eigenvalue weighted by molar-refractivity contribution is -0.385. The number of ether oxygens (including phenoxy) is 1. The number of morpholine rings is 1. The summed E-state index contributed by atoms with van der Waals surface area (Å²) in [6.45, 7) is 7.56. The van der Waals surface area contributed by atoms with Gasteiger partial charge in [0.25, 0.3) is 5.69 Å². The van der Waals surface area contributed by atoms with E-state index in [-0.39, 0.29) is 22.1 Å². The first-order valence-electron chi connectivity index (χ1n) is 8.74. The van der Waals surface area contributed by atoms with Gasteiger partial charge in [0, 0.05) is 38.2 Å². The van der Waals surface area contributed by atoms with Gasteiger partial charge in [-0.25, -0.2) is 0 Å². The number of benzene rings is 1. The Morgan fingerprint density at radius 2 is 2.16 bits per heavy atom. The normalized spacial score (nSPS) is 24.5. The monoisotopic (exact) mass is 347 g/mol. The molecule has 0 aliphatic carbocycles. The van der Waals surface area contributed by atoms with Crippen molar-refractivity contribution < 1.29 is 14.5 Å². The minimum absolute atomic E-state index is 0.0916.